The zero-order valence-corrected chi connectivity index (χ0v) is 11.2. The molecule has 0 aliphatic rings. The average Bonchev–Trinajstić information content (AvgIpc) is 2.72. The van der Waals surface area contributed by atoms with Crippen LogP contribution in [0.2, 0.25) is 0 Å². The fraction of sp³-hybridized carbons (Fsp3) is 0. The number of hydrogen-bond donors (Lipinski definition) is 1. The van der Waals surface area contributed by atoms with Crippen molar-refractivity contribution in [2.75, 3.05) is 0 Å². The first-order valence-corrected chi connectivity index (χ1v) is 6.66. The predicted molar refractivity (Wildman–Crippen MR) is 71.1 cm³/mol. The molecule has 2 heterocycles. The Kier molecular flexibility index (Phi) is 2.59. The zero-order valence-electron chi connectivity index (χ0n) is 8.64. The van der Waals surface area contributed by atoms with E-state index in [1.807, 2.05) is 30.3 Å². The summed E-state index contributed by atoms with van der Waals surface area (Å²) in [7, 11) is 0. The van der Waals surface area contributed by atoms with Crippen LogP contribution in [-0.2, 0) is 0 Å². The summed E-state index contributed by atoms with van der Waals surface area (Å²) in [5, 5.41) is 1.15. The number of rotatable bonds is 1. The molecular formula is C12H7N2OSSe. The van der Waals surface area contributed by atoms with Gasteiger partial charge in [-0.25, -0.2) is 0 Å². The third kappa shape index (κ3) is 1.93. The molecular weight excluding hydrogens is 299 g/mol. The van der Waals surface area contributed by atoms with Crippen molar-refractivity contribution >= 4 is 42.2 Å². The number of aromatic amines is 1. The van der Waals surface area contributed by atoms with Gasteiger partial charge < -0.3 is 0 Å². The molecule has 0 fully saturated rings. The van der Waals surface area contributed by atoms with E-state index in [2.05, 4.69) is 26.0 Å². The number of H-pyrrole nitrogens is 1. The van der Waals surface area contributed by atoms with Crippen LogP contribution in [0.15, 0.2) is 41.3 Å². The zero-order chi connectivity index (χ0) is 11.8. The van der Waals surface area contributed by atoms with Crippen LogP contribution in [0.25, 0.3) is 20.5 Å². The number of nitrogens with zero attached hydrogens (tertiary/aromatic N) is 1. The molecule has 83 valence electrons. The molecule has 1 radical (unpaired) electrons. The summed E-state index contributed by atoms with van der Waals surface area (Å²) < 4.78 is 1.69. The second kappa shape index (κ2) is 4.11. The van der Waals surface area contributed by atoms with Gasteiger partial charge in [0.05, 0.1) is 0 Å². The average molecular weight is 306 g/mol. The Morgan fingerprint density at radius 2 is 2.12 bits per heavy atom. The molecule has 0 spiro atoms. The predicted octanol–water partition coefficient (Wildman–Crippen LogP) is 1.45. The fourth-order valence-corrected chi connectivity index (χ4v) is 3.04. The summed E-state index contributed by atoms with van der Waals surface area (Å²) in [4.78, 5) is 19.5. The van der Waals surface area contributed by atoms with Crippen LogP contribution < -0.4 is 10.3 Å². The third-order valence-electron chi connectivity index (χ3n) is 2.47. The monoisotopic (exact) mass is 307 g/mol. The van der Waals surface area contributed by atoms with Gasteiger partial charge >= 0.3 is 109 Å². The normalized spacial score (nSPS) is 10.8. The van der Waals surface area contributed by atoms with Gasteiger partial charge in [0, 0.05) is 0 Å². The van der Waals surface area contributed by atoms with E-state index >= 15 is 0 Å². The fourth-order valence-electron chi connectivity index (χ4n) is 1.67. The second-order valence-corrected chi connectivity index (χ2v) is 5.47. The number of benzene rings is 1. The van der Waals surface area contributed by atoms with Crippen molar-refractivity contribution in [3.05, 3.63) is 46.9 Å². The van der Waals surface area contributed by atoms with Crippen LogP contribution in [0.1, 0.15) is 0 Å². The van der Waals surface area contributed by atoms with Gasteiger partial charge in [-0.1, -0.05) is 0 Å². The first-order chi connectivity index (χ1) is 8.24. The minimum atomic E-state index is -0.111. The number of nitrogens with one attached hydrogen (secondary N) is 1. The van der Waals surface area contributed by atoms with Gasteiger partial charge in [-0.15, -0.1) is 0 Å². The van der Waals surface area contributed by atoms with Crippen molar-refractivity contribution in [3.63, 3.8) is 0 Å². The Morgan fingerprint density at radius 3 is 2.88 bits per heavy atom. The Morgan fingerprint density at radius 1 is 1.29 bits per heavy atom. The van der Waals surface area contributed by atoms with Crippen LogP contribution in [0.3, 0.4) is 0 Å². The van der Waals surface area contributed by atoms with Gasteiger partial charge in [-0.3, -0.25) is 0 Å². The van der Waals surface area contributed by atoms with Crippen molar-refractivity contribution in [2.24, 2.45) is 0 Å². The molecule has 0 unspecified atom stereocenters. The van der Waals surface area contributed by atoms with E-state index in [0.29, 0.717) is 10.3 Å². The quantitative estimate of drug-likeness (QED) is 0.692. The maximum atomic E-state index is 11.8. The molecule has 3 rings (SSSR count). The Bertz CT molecular complexity index is 714. The number of thiophene rings is 1. The molecule has 1 aromatic carbocycles. The number of aromatic nitrogens is 2. The van der Waals surface area contributed by atoms with E-state index in [4.69, 9.17) is 0 Å². The van der Waals surface area contributed by atoms with Gasteiger partial charge in [0.25, 0.3) is 0 Å². The summed E-state index contributed by atoms with van der Waals surface area (Å²) in [6.07, 6.45) is 1.61. The third-order valence-corrected chi connectivity index (χ3v) is 4.05. The van der Waals surface area contributed by atoms with Gasteiger partial charge in [-0.05, 0) is 0 Å². The molecule has 3 nitrogen and oxygen atoms in total. The van der Waals surface area contributed by atoms with Crippen LogP contribution in [0, 0.1) is 0 Å². The molecule has 3 aromatic rings. The standard InChI is InChI=1S/C12H7N2OSSe/c15-11-8(6-13-12(17)14-11)10-5-7-3-1-2-4-9(7)16-10/h1-6H,(H,13,14,15). The van der Waals surface area contributed by atoms with Crippen LogP contribution in [-0.4, -0.2) is 26.0 Å². The van der Waals surface area contributed by atoms with Crippen molar-refractivity contribution < 1.29 is 0 Å². The van der Waals surface area contributed by atoms with Crippen LogP contribution >= 0.6 is 11.3 Å². The summed E-state index contributed by atoms with van der Waals surface area (Å²) >= 11 is 4.28. The molecule has 0 aliphatic heterocycles. The second-order valence-electron chi connectivity index (χ2n) is 3.58. The molecule has 0 atom stereocenters. The van der Waals surface area contributed by atoms with Crippen LogP contribution in [0.5, 0.6) is 0 Å². The van der Waals surface area contributed by atoms with Crippen molar-refractivity contribution in [1.82, 2.24) is 9.97 Å². The molecule has 0 bridgehead atoms. The van der Waals surface area contributed by atoms with Gasteiger partial charge in [-0.2, -0.15) is 0 Å². The minimum absolute atomic E-state index is 0.111. The summed E-state index contributed by atoms with van der Waals surface area (Å²) in [6.45, 7) is 0. The van der Waals surface area contributed by atoms with Crippen LogP contribution in [0.4, 0.5) is 0 Å². The number of hydrogen-bond acceptors (Lipinski definition) is 3. The SMILES string of the molecule is O=c1[nH]c([Se])ncc1-c1cc2ccccc2s1. The Balaban J connectivity index is 2.24. The Labute approximate surface area is 109 Å². The molecule has 2 aromatic heterocycles. The van der Waals surface area contributed by atoms with Crippen molar-refractivity contribution in [3.8, 4) is 10.4 Å². The Hall–Kier alpha value is -1.42. The van der Waals surface area contributed by atoms with E-state index in [-0.39, 0.29) is 5.56 Å². The first kappa shape index (κ1) is 10.7. The molecule has 0 saturated heterocycles. The van der Waals surface area contributed by atoms with E-state index in [1.165, 1.54) is 4.70 Å². The molecule has 17 heavy (non-hydrogen) atoms. The van der Waals surface area contributed by atoms with E-state index in [1.54, 1.807) is 17.5 Å². The van der Waals surface area contributed by atoms with E-state index in [0.717, 1.165) is 10.3 Å². The van der Waals surface area contributed by atoms with Crippen molar-refractivity contribution in [1.29, 1.82) is 0 Å². The molecule has 0 saturated carbocycles. The van der Waals surface area contributed by atoms with Gasteiger partial charge in [0.1, 0.15) is 0 Å². The first-order valence-electron chi connectivity index (χ1n) is 4.99. The molecule has 5 heteroatoms. The van der Waals surface area contributed by atoms with Crippen molar-refractivity contribution in [2.45, 2.75) is 0 Å². The summed E-state index contributed by atoms with van der Waals surface area (Å²) in [5.74, 6) is 0. The number of fused-ring (bicyclic) bond motifs is 1. The summed E-state index contributed by atoms with van der Waals surface area (Å²) in [6, 6.07) is 10.1. The van der Waals surface area contributed by atoms with Gasteiger partial charge in [0.2, 0.25) is 0 Å². The topological polar surface area (TPSA) is 45.8 Å². The molecule has 1 N–H and O–H groups in total. The van der Waals surface area contributed by atoms with E-state index < -0.39 is 0 Å². The molecule has 0 aliphatic carbocycles. The summed E-state index contributed by atoms with van der Waals surface area (Å²) in [5.41, 5.74) is 0.505. The molecule has 0 amide bonds. The van der Waals surface area contributed by atoms with E-state index in [9.17, 15) is 4.79 Å². The van der Waals surface area contributed by atoms with Gasteiger partial charge in [0.15, 0.2) is 0 Å². The maximum absolute atomic E-state index is 11.8.